The normalized spacial score (nSPS) is 25.6. The molecule has 1 aliphatic heterocycles. The van der Waals surface area contributed by atoms with E-state index >= 15 is 0 Å². The number of amides is 1. The van der Waals surface area contributed by atoms with Crippen LogP contribution in [-0.2, 0) is 11.8 Å². The van der Waals surface area contributed by atoms with E-state index in [4.69, 9.17) is 5.73 Å². The number of aryl methyl sites for hydroxylation is 1. The van der Waals surface area contributed by atoms with Crippen LogP contribution in [0.25, 0.3) is 0 Å². The summed E-state index contributed by atoms with van der Waals surface area (Å²) >= 11 is 0. The predicted molar refractivity (Wildman–Crippen MR) is 98.1 cm³/mol. The van der Waals surface area contributed by atoms with Crippen molar-refractivity contribution in [1.29, 1.82) is 0 Å². The lowest BCUT2D eigenvalue weighted by molar-refractivity contribution is -0.127. The molecule has 1 aromatic heterocycles. The van der Waals surface area contributed by atoms with E-state index in [0.717, 1.165) is 11.3 Å². The van der Waals surface area contributed by atoms with Crippen molar-refractivity contribution < 1.29 is 4.79 Å². The quantitative estimate of drug-likeness (QED) is 0.638. The van der Waals surface area contributed by atoms with Crippen molar-refractivity contribution in [2.24, 2.45) is 23.7 Å². The molecule has 2 heterocycles. The molecule has 2 fully saturated rings. The van der Waals surface area contributed by atoms with Crippen molar-refractivity contribution in [1.82, 2.24) is 20.0 Å². The third kappa shape index (κ3) is 3.80. The highest BCUT2D eigenvalue weighted by Gasteiger charge is 2.39. The lowest BCUT2D eigenvalue weighted by Crippen LogP contribution is -2.41. The van der Waals surface area contributed by atoms with Crippen molar-refractivity contribution in [2.45, 2.75) is 57.5 Å². The van der Waals surface area contributed by atoms with Crippen molar-refractivity contribution >= 4 is 11.9 Å². The van der Waals surface area contributed by atoms with Crippen molar-refractivity contribution in [3.63, 3.8) is 0 Å². The van der Waals surface area contributed by atoms with Gasteiger partial charge in [-0.25, -0.2) is 0 Å². The number of hydrogen-bond acceptors (Lipinski definition) is 3. The van der Waals surface area contributed by atoms with Crippen molar-refractivity contribution in [2.75, 3.05) is 13.6 Å². The Hall–Kier alpha value is -2.05. The molecule has 0 radical (unpaired) electrons. The van der Waals surface area contributed by atoms with E-state index in [1.807, 2.05) is 36.8 Å². The first kappa shape index (κ1) is 17.8. The maximum Gasteiger partial charge on any atom is 0.223 e. The molecular formula is C18H30N6O. The molecule has 0 aromatic carbocycles. The molecular weight excluding hydrogens is 316 g/mol. The zero-order chi connectivity index (χ0) is 18.0. The summed E-state index contributed by atoms with van der Waals surface area (Å²) < 4.78 is 1.85. The van der Waals surface area contributed by atoms with Gasteiger partial charge in [0.2, 0.25) is 5.91 Å². The number of carbonyl (C=O) groups is 1. The Morgan fingerprint density at radius 3 is 2.72 bits per heavy atom. The number of aromatic nitrogens is 2. The van der Waals surface area contributed by atoms with Crippen LogP contribution in [0.1, 0.15) is 55.8 Å². The fourth-order valence-corrected chi connectivity index (χ4v) is 4.10. The SMILES string of the molecule is Cc1c([C@H]2[C@H](CN=C(N)NC3CCCCC3)CC(=O)N2C)cnn1C. The third-order valence-electron chi connectivity index (χ3n) is 5.74. The minimum Gasteiger partial charge on any atom is -0.370 e. The maximum atomic E-state index is 12.3. The molecule has 0 spiro atoms. The molecule has 1 saturated heterocycles. The second kappa shape index (κ2) is 7.45. The van der Waals surface area contributed by atoms with Gasteiger partial charge in [0.25, 0.3) is 0 Å². The fraction of sp³-hybridized carbons (Fsp3) is 0.722. The lowest BCUT2D eigenvalue weighted by Gasteiger charge is -2.25. The van der Waals surface area contributed by atoms with Crippen LogP contribution in [0.4, 0.5) is 0 Å². The molecule has 1 amide bonds. The Bertz CT molecular complexity index is 646. The molecule has 3 rings (SSSR count). The molecule has 0 unspecified atom stereocenters. The van der Waals surface area contributed by atoms with Gasteiger partial charge in [0.05, 0.1) is 12.2 Å². The van der Waals surface area contributed by atoms with Gasteiger partial charge in [0.15, 0.2) is 5.96 Å². The average Bonchev–Trinajstić information content (AvgIpc) is 3.06. The zero-order valence-electron chi connectivity index (χ0n) is 15.5. The maximum absolute atomic E-state index is 12.3. The minimum absolute atomic E-state index is 0.0208. The number of guanidine groups is 1. The number of hydrogen-bond donors (Lipinski definition) is 2. The Labute approximate surface area is 149 Å². The summed E-state index contributed by atoms with van der Waals surface area (Å²) in [6.45, 7) is 2.60. The van der Waals surface area contributed by atoms with E-state index in [1.165, 1.54) is 32.1 Å². The summed E-state index contributed by atoms with van der Waals surface area (Å²) in [6.07, 6.45) is 8.55. The van der Waals surface area contributed by atoms with Gasteiger partial charge in [0, 0.05) is 50.3 Å². The molecule has 1 aliphatic carbocycles. The first-order valence-corrected chi connectivity index (χ1v) is 9.28. The number of aliphatic imine (C=N–C) groups is 1. The molecule has 25 heavy (non-hydrogen) atoms. The van der Waals surface area contributed by atoms with E-state index < -0.39 is 0 Å². The standard InChI is InChI=1S/C18H30N6O/c1-12-15(11-21-24(12)3)17-13(9-16(25)23(17)2)10-20-18(19)22-14-7-5-4-6-8-14/h11,13-14,17H,4-10H2,1-3H3,(H3,19,20,22)/t13-,17+/m0/s1. The lowest BCUT2D eigenvalue weighted by atomic mass is 9.94. The highest BCUT2D eigenvalue weighted by Crippen LogP contribution is 2.38. The molecule has 7 heteroatoms. The van der Waals surface area contributed by atoms with Crippen LogP contribution in [0.3, 0.4) is 0 Å². The van der Waals surface area contributed by atoms with Gasteiger partial charge in [-0.05, 0) is 19.8 Å². The largest absolute Gasteiger partial charge is 0.370 e. The number of carbonyl (C=O) groups excluding carboxylic acids is 1. The molecule has 0 bridgehead atoms. The minimum atomic E-state index is 0.0208. The number of nitrogens with two attached hydrogens (primary N) is 1. The summed E-state index contributed by atoms with van der Waals surface area (Å²) in [5.41, 5.74) is 8.29. The molecule has 1 saturated carbocycles. The van der Waals surface area contributed by atoms with Gasteiger partial charge in [-0.1, -0.05) is 19.3 Å². The van der Waals surface area contributed by atoms with E-state index in [2.05, 4.69) is 15.4 Å². The summed E-state index contributed by atoms with van der Waals surface area (Å²) in [6, 6.07) is 0.467. The van der Waals surface area contributed by atoms with Gasteiger partial charge >= 0.3 is 0 Å². The van der Waals surface area contributed by atoms with E-state index in [0.29, 0.717) is 25.0 Å². The second-order valence-corrected chi connectivity index (χ2v) is 7.43. The Morgan fingerprint density at radius 1 is 1.36 bits per heavy atom. The Kier molecular flexibility index (Phi) is 5.30. The Morgan fingerprint density at radius 2 is 2.08 bits per heavy atom. The molecule has 138 valence electrons. The number of nitrogens with one attached hydrogen (secondary N) is 1. The van der Waals surface area contributed by atoms with Gasteiger partial charge in [-0.3, -0.25) is 14.5 Å². The third-order valence-corrected chi connectivity index (χ3v) is 5.74. The summed E-state index contributed by atoms with van der Waals surface area (Å²) in [7, 11) is 3.79. The van der Waals surface area contributed by atoms with E-state index in [9.17, 15) is 4.79 Å². The topological polar surface area (TPSA) is 88.5 Å². The summed E-state index contributed by atoms with van der Waals surface area (Å²) in [4.78, 5) is 18.6. The van der Waals surface area contributed by atoms with Crippen molar-refractivity contribution in [3.05, 3.63) is 17.5 Å². The number of likely N-dealkylation sites (tertiary alicyclic amines) is 1. The van der Waals surface area contributed by atoms with Crippen LogP contribution < -0.4 is 11.1 Å². The summed E-state index contributed by atoms with van der Waals surface area (Å²) in [5.74, 6) is 0.801. The van der Waals surface area contributed by atoms with Crippen LogP contribution in [-0.4, -0.2) is 46.2 Å². The van der Waals surface area contributed by atoms with Crippen LogP contribution in [0.15, 0.2) is 11.2 Å². The molecule has 1 aromatic rings. The van der Waals surface area contributed by atoms with Gasteiger partial charge in [-0.2, -0.15) is 5.10 Å². The van der Waals surface area contributed by atoms with Crippen LogP contribution in [0, 0.1) is 12.8 Å². The Balaban J connectivity index is 1.68. The van der Waals surface area contributed by atoms with Gasteiger partial charge in [0.1, 0.15) is 0 Å². The molecule has 7 nitrogen and oxygen atoms in total. The highest BCUT2D eigenvalue weighted by atomic mass is 16.2. The number of rotatable bonds is 4. The number of nitrogens with zero attached hydrogens (tertiary/aromatic N) is 4. The van der Waals surface area contributed by atoms with Crippen molar-refractivity contribution in [3.8, 4) is 0 Å². The van der Waals surface area contributed by atoms with Crippen LogP contribution in [0.5, 0.6) is 0 Å². The van der Waals surface area contributed by atoms with E-state index in [1.54, 1.807) is 0 Å². The smallest absolute Gasteiger partial charge is 0.223 e. The van der Waals surface area contributed by atoms with Gasteiger partial charge in [-0.15, -0.1) is 0 Å². The highest BCUT2D eigenvalue weighted by molar-refractivity contribution is 5.80. The fourth-order valence-electron chi connectivity index (χ4n) is 4.10. The molecule has 2 atom stereocenters. The first-order chi connectivity index (χ1) is 12.0. The monoisotopic (exact) mass is 346 g/mol. The average molecular weight is 346 g/mol. The van der Waals surface area contributed by atoms with Crippen LogP contribution >= 0.6 is 0 Å². The molecule has 2 aliphatic rings. The second-order valence-electron chi connectivity index (χ2n) is 7.43. The zero-order valence-corrected chi connectivity index (χ0v) is 15.5. The predicted octanol–water partition coefficient (Wildman–Crippen LogP) is 1.48. The first-order valence-electron chi connectivity index (χ1n) is 9.28. The molecule has 3 N–H and O–H groups in total. The van der Waals surface area contributed by atoms with Gasteiger partial charge < -0.3 is 16.0 Å². The summed E-state index contributed by atoms with van der Waals surface area (Å²) in [5, 5.41) is 7.68. The van der Waals surface area contributed by atoms with Crippen LogP contribution in [0.2, 0.25) is 0 Å². The van der Waals surface area contributed by atoms with E-state index in [-0.39, 0.29) is 17.9 Å².